The Labute approximate surface area is 162 Å². The number of benzene rings is 2. The van der Waals surface area contributed by atoms with Crippen LogP contribution in [0.3, 0.4) is 0 Å². The molecule has 4 nitrogen and oxygen atoms in total. The summed E-state index contributed by atoms with van der Waals surface area (Å²) >= 11 is 3.49. The van der Waals surface area contributed by atoms with E-state index in [1.807, 2.05) is 39.0 Å². The van der Waals surface area contributed by atoms with Gasteiger partial charge >= 0.3 is 0 Å². The van der Waals surface area contributed by atoms with Crippen molar-refractivity contribution in [3.05, 3.63) is 57.1 Å². The number of aryl methyl sites for hydroxylation is 3. The van der Waals surface area contributed by atoms with Gasteiger partial charge in [-0.3, -0.25) is 9.59 Å². The molecule has 0 radical (unpaired) electrons. The average molecular weight is 416 g/mol. The van der Waals surface area contributed by atoms with Crippen molar-refractivity contribution < 1.29 is 14.3 Å². The van der Waals surface area contributed by atoms with E-state index in [0.29, 0.717) is 24.4 Å². The van der Waals surface area contributed by atoms with Crippen LogP contribution < -0.4 is 9.64 Å². The van der Waals surface area contributed by atoms with E-state index in [4.69, 9.17) is 4.74 Å². The molecular weight excluding hydrogens is 394 g/mol. The van der Waals surface area contributed by atoms with Gasteiger partial charge in [0.05, 0.1) is 17.9 Å². The number of hydrogen-bond acceptors (Lipinski definition) is 3. The maximum atomic E-state index is 12.3. The number of unbranched alkanes of at least 4 members (excludes halogenated alkanes) is 1. The van der Waals surface area contributed by atoms with Crippen molar-refractivity contribution in [2.75, 3.05) is 18.1 Å². The normalized spacial score (nSPS) is 13.3. The molecule has 5 heteroatoms. The van der Waals surface area contributed by atoms with Gasteiger partial charge in [0, 0.05) is 11.0 Å². The highest BCUT2D eigenvalue weighted by Crippen LogP contribution is 2.37. The first-order valence-corrected chi connectivity index (χ1v) is 9.53. The molecule has 0 aromatic heterocycles. The third-order valence-electron chi connectivity index (χ3n) is 4.40. The van der Waals surface area contributed by atoms with Gasteiger partial charge in [-0.05, 0) is 90.5 Å². The van der Waals surface area contributed by atoms with Crippen LogP contribution in [-0.2, 0) is 4.79 Å². The molecule has 0 aliphatic carbocycles. The molecule has 0 atom stereocenters. The van der Waals surface area contributed by atoms with Gasteiger partial charge in [0.2, 0.25) is 0 Å². The highest BCUT2D eigenvalue weighted by molar-refractivity contribution is 9.10. The Bertz CT molecular complexity index is 856. The van der Waals surface area contributed by atoms with Crippen LogP contribution in [0.15, 0.2) is 34.8 Å². The van der Waals surface area contributed by atoms with Gasteiger partial charge in [-0.1, -0.05) is 6.07 Å². The van der Waals surface area contributed by atoms with Crippen molar-refractivity contribution in [3.63, 3.8) is 0 Å². The average Bonchev–Trinajstić information content (AvgIpc) is 2.79. The van der Waals surface area contributed by atoms with E-state index in [1.54, 1.807) is 11.0 Å². The fourth-order valence-electron chi connectivity index (χ4n) is 3.31. The zero-order valence-electron chi connectivity index (χ0n) is 15.3. The molecule has 1 heterocycles. The number of Topliss-reactive ketones (excluding diaryl/α,β-unsaturated/α-hetero) is 1. The summed E-state index contributed by atoms with van der Waals surface area (Å²) in [5, 5.41) is 0. The van der Waals surface area contributed by atoms with Crippen molar-refractivity contribution in [2.45, 2.75) is 33.6 Å². The lowest BCUT2D eigenvalue weighted by atomic mass is 10.1. The monoisotopic (exact) mass is 415 g/mol. The largest absolute Gasteiger partial charge is 0.494 e. The first-order chi connectivity index (χ1) is 12.4. The lowest BCUT2D eigenvalue weighted by molar-refractivity contribution is -0.114. The number of carbonyl (C=O) groups excluding carboxylic acids is 2. The van der Waals surface area contributed by atoms with E-state index >= 15 is 0 Å². The lowest BCUT2D eigenvalue weighted by Gasteiger charge is -2.18. The van der Waals surface area contributed by atoms with Crippen molar-refractivity contribution in [1.29, 1.82) is 0 Å². The molecular formula is C21H22BrNO3. The van der Waals surface area contributed by atoms with E-state index in [9.17, 15) is 9.59 Å². The van der Waals surface area contributed by atoms with Crippen LogP contribution in [0, 0.1) is 20.8 Å². The van der Waals surface area contributed by atoms with Gasteiger partial charge < -0.3 is 9.64 Å². The summed E-state index contributed by atoms with van der Waals surface area (Å²) in [4.78, 5) is 26.1. The fourth-order valence-corrected chi connectivity index (χ4v) is 4.10. The molecule has 1 amide bonds. The van der Waals surface area contributed by atoms with Crippen molar-refractivity contribution in [2.24, 2.45) is 0 Å². The molecule has 0 spiro atoms. The standard InChI is InChI=1S/C21H22BrNO3/c1-13-8-14(2)10-16(9-13)26-7-5-4-6-23-19-17(20(24)21(23)25)11-15(3)12-18(19)22/h8-12H,4-7H2,1-3H3. The maximum Gasteiger partial charge on any atom is 0.299 e. The van der Waals surface area contributed by atoms with Crippen LogP contribution >= 0.6 is 15.9 Å². The first-order valence-electron chi connectivity index (χ1n) is 8.74. The number of ketones is 1. The highest BCUT2D eigenvalue weighted by Gasteiger charge is 2.37. The maximum absolute atomic E-state index is 12.3. The predicted octanol–water partition coefficient (Wildman–Crippen LogP) is 4.76. The number of halogens is 1. The van der Waals surface area contributed by atoms with Crippen molar-refractivity contribution in [1.82, 2.24) is 0 Å². The second-order valence-corrected chi connectivity index (χ2v) is 7.66. The minimum absolute atomic E-state index is 0.420. The number of carbonyl (C=O) groups is 2. The van der Waals surface area contributed by atoms with Gasteiger partial charge in [0.1, 0.15) is 5.75 Å². The number of ether oxygens (including phenoxy) is 1. The topological polar surface area (TPSA) is 46.6 Å². The summed E-state index contributed by atoms with van der Waals surface area (Å²) < 4.78 is 6.60. The van der Waals surface area contributed by atoms with E-state index in [2.05, 4.69) is 22.0 Å². The van der Waals surface area contributed by atoms with Crippen molar-refractivity contribution in [3.8, 4) is 5.75 Å². The third-order valence-corrected chi connectivity index (χ3v) is 5.01. The number of anilines is 1. The van der Waals surface area contributed by atoms with Crippen LogP contribution in [0.5, 0.6) is 5.75 Å². The molecule has 0 fully saturated rings. The Morgan fingerprint density at radius 3 is 2.27 bits per heavy atom. The molecule has 0 saturated heterocycles. The van der Waals surface area contributed by atoms with Crippen LogP contribution in [0.1, 0.15) is 39.9 Å². The Balaban J connectivity index is 1.57. The minimum Gasteiger partial charge on any atom is -0.494 e. The van der Waals surface area contributed by atoms with E-state index in [1.165, 1.54) is 11.1 Å². The zero-order chi connectivity index (χ0) is 18.8. The van der Waals surface area contributed by atoms with Crippen LogP contribution in [0.2, 0.25) is 0 Å². The highest BCUT2D eigenvalue weighted by atomic mass is 79.9. The van der Waals surface area contributed by atoms with E-state index in [-0.39, 0.29) is 0 Å². The second kappa shape index (κ2) is 7.62. The predicted molar refractivity (Wildman–Crippen MR) is 106 cm³/mol. The summed E-state index contributed by atoms with van der Waals surface area (Å²) in [7, 11) is 0. The quantitative estimate of drug-likeness (QED) is 0.504. The van der Waals surface area contributed by atoms with Gasteiger partial charge in [-0.2, -0.15) is 0 Å². The number of fused-ring (bicyclic) bond motifs is 1. The minimum atomic E-state index is -0.443. The Hall–Kier alpha value is -2.14. The molecule has 136 valence electrons. The smallest absolute Gasteiger partial charge is 0.299 e. The summed E-state index contributed by atoms with van der Waals surface area (Å²) in [5.74, 6) is 0.0101. The zero-order valence-corrected chi connectivity index (χ0v) is 16.9. The SMILES string of the molecule is Cc1cc(C)cc(OCCCCN2C(=O)C(=O)c3cc(C)cc(Br)c32)c1. The molecule has 0 saturated carbocycles. The molecule has 0 bridgehead atoms. The Morgan fingerprint density at radius 2 is 1.58 bits per heavy atom. The van der Waals surface area contributed by atoms with Gasteiger partial charge in [0.25, 0.3) is 11.7 Å². The molecule has 0 unspecified atom stereocenters. The second-order valence-electron chi connectivity index (χ2n) is 6.81. The molecule has 2 aromatic rings. The summed E-state index contributed by atoms with van der Waals surface area (Å²) in [5.41, 5.74) is 4.51. The van der Waals surface area contributed by atoms with Crippen LogP contribution in [0.25, 0.3) is 0 Å². The Kier molecular flexibility index (Phi) is 5.47. The number of amides is 1. The lowest BCUT2D eigenvalue weighted by Crippen LogP contribution is -2.31. The van der Waals surface area contributed by atoms with Gasteiger partial charge in [-0.25, -0.2) is 0 Å². The van der Waals surface area contributed by atoms with Gasteiger partial charge in [-0.15, -0.1) is 0 Å². The van der Waals surface area contributed by atoms with Crippen molar-refractivity contribution >= 4 is 33.3 Å². The summed E-state index contributed by atoms with van der Waals surface area (Å²) in [6.45, 7) is 7.10. The number of rotatable bonds is 6. The van der Waals surface area contributed by atoms with Crippen LogP contribution in [0.4, 0.5) is 5.69 Å². The fraction of sp³-hybridized carbons (Fsp3) is 0.333. The summed E-state index contributed by atoms with van der Waals surface area (Å²) in [6, 6.07) is 9.86. The number of nitrogens with zero attached hydrogens (tertiary/aromatic N) is 1. The molecule has 0 N–H and O–H groups in total. The molecule has 3 rings (SSSR count). The van der Waals surface area contributed by atoms with Gasteiger partial charge in [0.15, 0.2) is 0 Å². The van der Waals surface area contributed by atoms with E-state index < -0.39 is 11.7 Å². The molecule has 2 aromatic carbocycles. The number of hydrogen-bond donors (Lipinski definition) is 0. The molecule has 1 aliphatic rings. The molecule has 1 aliphatic heterocycles. The van der Waals surface area contributed by atoms with Crippen LogP contribution in [-0.4, -0.2) is 24.8 Å². The Morgan fingerprint density at radius 1 is 0.923 bits per heavy atom. The molecule has 26 heavy (non-hydrogen) atoms. The third kappa shape index (κ3) is 3.83. The summed E-state index contributed by atoms with van der Waals surface area (Å²) in [6.07, 6.45) is 1.58. The van der Waals surface area contributed by atoms with E-state index in [0.717, 1.165) is 28.6 Å². The first kappa shape index (κ1) is 18.6.